The summed E-state index contributed by atoms with van der Waals surface area (Å²) in [5, 5.41) is 4.00. The van der Waals surface area contributed by atoms with Gasteiger partial charge in [0.15, 0.2) is 5.69 Å². The molecule has 0 N–H and O–H groups in total. The second-order valence-electron chi connectivity index (χ2n) is 4.80. The molecule has 6 heteroatoms. The van der Waals surface area contributed by atoms with Crippen molar-refractivity contribution in [3.63, 3.8) is 0 Å². The van der Waals surface area contributed by atoms with Crippen molar-refractivity contribution in [1.29, 1.82) is 0 Å². The van der Waals surface area contributed by atoms with E-state index in [-0.39, 0.29) is 18.0 Å². The number of halogens is 2. The maximum atomic E-state index is 13.7. The summed E-state index contributed by atoms with van der Waals surface area (Å²) < 4.78 is 33.1. The Bertz CT molecular complexity index is 846. The topological polar surface area (TPSA) is 44.1 Å². The molecule has 0 aliphatic carbocycles. The zero-order chi connectivity index (χ0) is 16.2. The van der Waals surface area contributed by atoms with Crippen LogP contribution in [0.1, 0.15) is 16.1 Å². The predicted octanol–water partition coefficient (Wildman–Crippen LogP) is 3.51. The minimum Gasteiger partial charge on any atom is -0.456 e. The van der Waals surface area contributed by atoms with E-state index in [2.05, 4.69) is 5.10 Å². The molecule has 0 radical (unpaired) electrons. The third-order valence-corrected chi connectivity index (χ3v) is 3.16. The van der Waals surface area contributed by atoms with E-state index in [0.29, 0.717) is 5.56 Å². The highest BCUT2D eigenvalue weighted by Gasteiger charge is 2.13. The van der Waals surface area contributed by atoms with Crippen LogP contribution in [0.4, 0.5) is 8.78 Å². The summed E-state index contributed by atoms with van der Waals surface area (Å²) in [7, 11) is 0. The van der Waals surface area contributed by atoms with E-state index in [1.807, 2.05) is 0 Å². The number of hydrogen-bond donors (Lipinski definition) is 0. The molecule has 0 unspecified atom stereocenters. The van der Waals surface area contributed by atoms with Crippen molar-refractivity contribution in [2.24, 2.45) is 0 Å². The van der Waals surface area contributed by atoms with Crippen LogP contribution in [0.25, 0.3) is 5.69 Å². The van der Waals surface area contributed by atoms with E-state index in [4.69, 9.17) is 4.74 Å². The fourth-order valence-electron chi connectivity index (χ4n) is 2.05. The number of aromatic nitrogens is 2. The average Bonchev–Trinajstić information content (AvgIpc) is 3.03. The number of esters is 1. The molecule has 3 rings (SSSR count). The summed E-state index contributed by atoms with van der Waals surface area (Å²) in [5.74, 6) is -1.51. The van der Waals surface area contributed by atoms with Gasteiger partial charge in [0.05, 0.1) is 0 Å². The highest BCUT2D eigenvalue weighted by atomic mass is 19.1. The van der Waals surface area contributed by atoms with E-state index in [1.165, 1.54) is 41.2 Å². The zero-order valence-electron chi connectivity index (χ0n) is 11.9. The number of carbonyl (C=O) groups excluding carboxylic acids is 1. The van der Waals surface area contributed by atoms with Gasteiger partial charge >= 0.3 is 5.97 Å². The fraction of sp³-hybridized carbons (Fsp3) is 0.0588. The van der Waals surface area contributed by atoms with Crippen molar-refractivity contribution in [2.45, 2.75) is 6.61 Å². The first-order valence-corrected chi connectivity index (χ1v) is 6.85. The molecule has 1 aromatic heterocycles. The SMILES string of the molecule is O=C(OCc1cccc(F)c1)c1ccn(-c2ccccc2F)n1. The normalized spacial score (nSPS) is 10.5. The molecule has 1 heterocycles. The fourth-order valence-corrected chi connectivity index (χ4v) is 2.05. The van der Waals surface area contributed by atoms with Crippen LogP contribution in [0.2, 0.25) is 0 Å². The van der Waals surface area contributed by atoms with Gasteiger partial charge in [0, 0.05) is 6.20 Å². The molecular weight excluding hydrogens is 302 g/mol. The minimum absolute atomic E-state index is 0.0460. The Balaban J connectivity index is 1.70. The minimum atomic E-state index is -0.663. The summed E-state index contributed by atoms with van der Waals surface area (Å²) in [4.78, 5) is 11.9. The third-order valence-electron chi connectivity index (χ3n) is 3.16. The molecular formula is C17H12F2N2O2. The van der Waals surface area contributed by atoms with E-state index in [0.717, 1.165) is 0 Å². The van der Waals surface area contributed by atoms with Crippen molar-refractivity contribution >= 4 is 5.97 Å². The van der Waals surface area contributed by atoms with Gasteiger partial charge in [-0.25, -0.2) is 18.3 Å². The smallest absolute Gasteiger partial charge is 0.359 e. The quantitative estimate of drug-likeness (QED) is 0.692. The molecule has 0 aliphatic rings. The Labute approximate surface area is 130 Å². The molecule has 0 aliphatic heterocycles. The van der Waals surface area contributed by atoms with Gasteiger partial charge < -0.3 is 4.74 Å². The summed E-state index contributed by atoms with van der Waals surface area (Å²) in [6.45, 7) is -0.0663. The lowest BCUT2D eigenvalue weighted by atomic mass is 10.2. The van der Waals surface area contributed by atoms with Crippen molar-refractivity contribution in [1.82, 2.24) is 9.78 Å². The maximum Gasteiger partial charge on any atom is 0.359 e. The van der Waals surface area contributed by atoms with Crippen LogP contribution in [0.15, 0.2) is 60.8 Å². The van der Waals surface area contributed by atoms with E-state index in [1.54, 1.807) is 24.3 Å². The highest BCUT2D eigenvalue weighted by Crippen LogP contribution is 2.13. The monoisotopic (exact) mass is 314 g/mol. The molecule has 0 fully saturated rings. The summed E-state index contributed by atoms with van der Waals surface area (Å²) in [6.07, 6.45) is 1.47. The van der Waals surface area contributed by atoms with Crippen molar-refractivity contribution in [3.05, 3.63) is 83.7 Å². The Morgan fingerprint density at radius 1 is 1.09 bits per heavy atom. The van der Waals surface area contributed by atoms with E-state index < -0.39 is 17.6 Å². The van der Waals surface area contributed by atoms with Crippen LogP contribution in [-0.2, 0) is 11.3 Å². The van der Waals surface area contributed by atoms with Gasteiger partial charge in [0.2, 0.25) is 0 Å². The lowest BCUT2D eigenvalue weighted by Crippen LogP contribution is -2.07. The second-order valence-corrected chi connectivity index (χ2v) is 4.80. The van der Waals surface area contributed by atoms with Crippen LogP contribution >= 0.6 is 0 Å². The number of nitrogens with zero attached hydrogens (tertiary/aromatic N) is 2. The molecule has 0 saturated carbocycles. The molecule has 0 bridgehead atoms. The van der Waals surface area contributed by atoms with Crippen LogP contribution < -0.4 is 0 Å². The molecule has 0 atom stereocenters. The number of ether oxygens (including phenoxy) is 1. The number of rotatable bonds is 4. The summed E-state index contributed by atoms with van der Waals surface area (Å²) in [5.41, 5.74) is 0.813. The summed E-state index contributed by atoms with van der Waals surface area (Å²) >= 11 is 0. The second kappa shape index (κ2) is 6.39. The zero-order valence-corrected chi connectivity index (χ0v) is 11.9. The lowest BCUT2D eigenvalue weighted by Gasteiger charge is -2.04. The molecule has 0 saturated heterocycles. The molecule has 116 valence electrons. The van der Waals surface area contributed by atoms with Crippen molar-refractivity contribution in [2.75, 3.05) is 0 Å². The Morgan fingerprint density at radius 2 is 1.91 bits per heavy atom. The molecule has 3 aromatic rings. The standard InChI is InChI=1S/C17H12F2N2O2/c18-13-5-3-4-12(10-13)11-23-17(22)15-8-9-21(20-15)16-7-2-1-6-14(16)19/h1-10H,11H2. The molecule has 4 nitrogen and oxygen atoms in total. The van der Waals surface area contributed by atoms with Gasteiger partial charge in [-0.15, -0.1) is 0 Å². The van der Waals surface area contributed by atoms with Gasteiger partial charge in [-0.1, -0.05) is 24.3 Å². The van der Waals surface area contributed by atoms with Crippen LogP contribution in [-0.4, -0.2) is 15.7 Å². The highest BCUT2D eigenvalue weighted by molar-refractivity contribution is 5.87. The Morgan fingerprint density at radius 3 is 2.70 bits per heavy atom. The number of benzene rings is 2. The molecule has 23 heavy (non-hydrogen) atoms. The number of para-hydroxylation sites is 1. The number of hydrogen-bond acceptors (Lipinski definition) is 3. The van der Waals surface area contributed by atoms with Gasteiger partial charge in [-0.3, -0.25) is 0 Å². The molecule has 0 spiro atoms. The number of carbonyl (C=O) groups is 1. The maximum absolute atomic E-state index is 13.7. The van der Waals surface area contributed by atoms with Gasteiger partial charge in [-0.2, -0.15) is 5.10 Å². The predicted molar refractivity (Wildman–Crippen MR) is 79.0 cm³/mol. The van der Waals surface area contributed by atoms with Crippen LogP contribution in [0.3, 0.4) is 0 Å². The summed E-state index contributed by atoms with van der Waals surface area (Å²) in [6, 6.07) is 13.3. The van der Waals surface area contributed by atoms with E-state index in [9.17, 15) is 13.6 Å². The van der Waals surface area contributed by atoms with Crippen LogP contribution in [0.5, 0.6) is 0 Å². The van der Waals surface area contributed by atoms with Crippen molar-refractivity contribution < 1.29 is 18.3 Å². The third kappa shape index (κ3) is 3.42. The van der Waals surface area contributed by atoms with Crippen molar-refractivity contribution in [3.8, 4) is 5.69 Å². The first kappa shape index (κ1) is 14.9. The molecule has 2 aromatic carbocycles. The average molecular weight is 314 g/mol. The molecule has 0 amide bonds. The first-order chi connectivity index (χ1) is 11.1. The lowest BCUT2D eigenvalue weighted by molar-refractivity contribution is 0.0464. The largest absolute Gasteiger partial charge is 0.456 e. The first-order valence-electron chi connectivity index (χ1n) is 6.85. The Hall–Kier alpha value is -3.02. The van der Waals surface area contributed by atoms with Gasteiger partial charge in [0.25, 0.3) is 0 Å². The Kier molecular flexibility index (Phi) is 4.14. The van der Waals surface area contributed by atoms with E-state index >= 15 is 0 Å². The van der Waals surface area contributed by atoms with Gasteiger partial charge in [-0.05, 0) is 35.9 Å². The van der Waals surface area contributed by atoms with Gasteiger partial charge in [0.1, 0.15) is 23.9 Å². The van der Waals surface area contributed by atoms with Crippen LogP contribution in [0, 0.1) is 11.6 Å².